The first-order valence-electron chi connectivity index (χ1n) is 5.66. The van der Waals surface area contributed by atoms with Gasteiger partial charge < -0.3 is 9.47 Å². The second kappa shape index (κ2) is 6.51. The minimum atomic E-state index is -0.314. The fourth-order valence-electron chi connectivity index (χ4n) is 1.69. The molecule has 0 aromatic rings. The SMILES string of the molecule is CC(=CCCCCC1(C)OCCO1)CCl. The number of hydrogen-bond donors (Lipinski definition) is 0. The molecule has 0 saturated carbocycles. The molecule has 88 valence electrons. The fourth-order valence-corrected chi connectivity index (χ4v) is 1.80. The Morgan fingerprint density at radius 1 is 1.33 bits per heavy atom. The molecule has 1 aliphatic rings. The van der Waals surface area contributed by atoms with E-state index in [-0.39, 0.29) is 5.79 Å². The van der Waals surface area contributed by atoms with Gasteiger partial charge in [0, 0.05) is 12.3 Å². The molecule has 3 heteroatoms. The van der Waals surface area contributed by atoms with Crippen molar-refractivity contribution in [3.8, 4) is 0 Å². The molecule has 0 spiro atoms. The second-order valence-corrected chi connectivity index (χ2v) is 4.53. The van der Waals surface area contributed by atoms with E-state index in [1.807, 2.05) is 6.92 Å². The van der Waals surface area contributed by atoms with Gasteiger partial charge in [0.15, 0.2) is 5.79 Å². The van der Waals surface area contributed by atoms with E-state index in [4.69, 9.17) is 21.1 Å². The maximum absolute atomic E-state index is 5.68. The normalized spacial score (nSPS) is 20.9. The van der Waals surface area contributed by atoms with Crippen LogP contribution in [0.5, 0.6) is 0 Å². The van der Waals surface area contributed by atoms with E-state index in [2.05, 4.69) is 13.0 Å². The molecule has 1 heterocycles. The quantitative estimate of drug-likeness (QED) is 0.397. The number of ether oxygens (including phenoxy) is 2. The Morgan fingerprint density at radius 2 is 2.00 bits per heavy atom. The molecular weight excluding hydrogens is 212 g/mol. The van der Waals surface area contributed by atoms with Crippen LogP contribution in [0, 0.1) is 0 Å². The highest BCUT2D eigenvalue weighted by Gasteiger charge is 2.29. The average molecular weight is 233 g/mol. The van der Waals surface area contributed by atoms with Crippen molar-refractivity contribution in [1.29, 1.82) is 0 Å². The van der Waals surface area contributed by atoms with E-state index >= 15 is 0 Å². The molecule has 1 fully saturated rings. The molecule has 0 unspecified atom stereocenters. The van der Waals surface area contributed by atoms with Gasteiger partial charge in [-0.25, -0.2) is 0 Å². The van der Waals surface area contributed by atoms with E-state index < -0.39 is 0 Å². The minimum absolute atomic E-state index is 0.314. The Kier molecular flexibility index (Phi) is 5.65. The van der Waals surface area contributed by atoms with Crippen LogP contribution < -0.4 is 0 Å². The number of halogens is 1. The Bertz CT molecular complexity index is 208. The van der Waals surface area contributed by atoms with Crippen LogP contribution >= 0.6 is 11.6 Å². The Balaban J connectivity index is 2.06. The molecule has 1 rings (SSSR count). The largest absolute Gasteiger partial charge is 0.348 e. The van der Waals surface area contributed by atoms with Crippen molar-refractivity contribution in [2.75, 3.05) is 19.1 Å². The highest BCUT2D eigenvalue weighted by atomic mass is 35.5. The summed E-state index contributed by atoms with van der Waals surface area (Å²) in [5.41, 5.74) is 1.26. The van der Waals surface area contributed by atoms with E-state index in [1.165, 1.54) is 12.0 Å². The van der Waals surface area contributed by atoms with Crippen molar-refractivity contribution in [3.63, 3.8) is 0 Å². The Hall–Kier alpha value is -0.0500. The van der Waals surface area contributed by atoms with Gasteiger partial charge in [-0.1, -0.05) is 11.6 Å². The van der Waals surface area contributed by atoms with Crippen LogP contribution in [0.4, 0.5) is 0 Å². The molecule has 1 saturated heterocycles. The van der Waals surface area contributed by atoms with E-state index in [0.717, 1.165) is 32.5 Å². The topological polar surface area (TPSA) is 18.5 Å². The van der Waals surface area contributed by atoms with Crippen LogP contribution in [-0.4, -0.2) is 24.9 Å². The summed E-state index contributed by atoms with van der Waals surface area (Å²) < 4.78 is 11.1. The van der Waals surface area contributed by atoms with Gasteiger partial charge in [0.2, 0.25) is 0 Å². The van der Waals surface area contributed by atoms with Crippen molar-refractivity contribution >= 4 is 11.6 Å². The van der Waals surface area contributed by atoms with Crippen LogP contribution in [0.25, 0.3) is 0 Å². The molecule has 15 heavy (non-hydrogen) atoms. The highest BCUT2D eigenvalue weighted by Crippen LogP contribution is 2.25. The fraction of sp³-hybridized carbons (Fsp3) is 0.833. The van der Waals surface area contributed by atoms with Gasteiger partial charge >= 0.3 is 0 Å². The number of rotatable bonds is 6. The van der Waals surface area contributed by atoms with Gasteiger partial charge in [0.25, 0.3) is 0 Å². The number of alkyl halides is 1. The van der Waals surface area contributed by atoms with Gasteiger partial charge in [-0.2, -0.15) is 0 Å². The van der Waals surface area contributed by atoms with Crippen molar-refractivity contribution in [2.24, 2.45) is 0 Å². The predicted octanol–water partition coefficient (Wildman–Crippen LogP) is 3.49. The van der Waals surface area contributed by atoms with Gasteiger partial charge in [-0.3, -0.25) is 0 Å². The summed E-state index contributed by atoms with van der Waals surface area (Å²) in [6.07, 6.45) is 6.63. The first-order valence-corrected chi connectivity index (χ1v) is 6.19. The summed E-state index contributed by atoms with van der Waals surface area (Å²) >= 11 is 5.68. The molecule has 0 radical (unpaired) electrons. The van der Waals surface area contributed by atoms with Crippen LogP contribution in [0.1, 0.15) is 39.5 Å². The molecule has 2 nitrogen and oxygen atoms in total. The van der Waals surface area contributed by atoms with Crippen molar-refractivity contribution in [3.05, 3.63) is 11.6 Å². The van der Waals surface area contributed by atoms with Crippen LogP contribution in [0.2, 0.25) is 0 Å². The number of allylic oxidation sites excluding steroid dienone is 2. The first-order chi connectivity index (χ1) is 7.16. The zero-order valence-corrected chi connectivity index (χ0v) is 10.5. The smallest absolute Gasteiger partial charge is 0.165 e. The standard InChI is InChI=1S/C12H21ClO2/c1-11(10-13)6-4-3-5-7-12(2)14-8-9-15-12/h6H,3-5,7-10H2,1-2H3. The summed E-state index contributed by atoms with van der Waals surface area (Å²) in [6, 6.07) is 0. The zero-order valence-electron chi connectivity index (χ0n) is 9.72. The van der Waals surface area contributed by atoms with Crippen LogP contribution in [0.3, 0.4) is 0 Å². The monoisotopic (exact) mass is 232 g/mol. The molecule has 0 aromatic carbocycles. The molecule has 0 bridgehead atoms. The van der Waals surface area contributed by atoms with Crippen molar-refractivity contribution in [2.45, 2.75) is 45.3 Å². The third-order valence-corrected chi connectivity index (χ3v) is 3.11. The summed E-state index contributed by atoms with van der Waals surface area (Å²) in [6.45, 7) is 5.57. The molecule has 0 amide bonds. The average Bonchev–Trinajstić information content (AvgIpc) is 2.64. The number of unbranched alkanes of at least 4 members (excludes halogenated alkanes) is 2. The van der Waals surface area contributed by atoms with Gasteiger partial charge in [0.05, 0.1) is 13.2 Å². The summed E-state index contributed by atoms with van der Waals surface area (Å²) in [7, 11) is 0. The van der Waals surface area contributed by atoms with Crippen molar-refractivity contribution < 1.29 is 9.47 Å². The highest BCUT2D eigenvalue weighted by molar-refractivity contribution is 6.19. The van der Waals surface area contributed by atoms with E-state index in [0.29, 0.717) is 5.88 Å². The van der Waals surface area contributed by atoms with Crippen molar-refractivity contribution in [1.82, 2.24) is 0 Å². The minimum Gasteiger partial charge on any atom is -0.348 e. The molecular formula is C12H21ClO2. The van der Waals surface area contributed by atoms with E-state index in [9.17, 15) is 0 Å². The summed E-state index contributed by atoms with van der Waals surface area (Å²) in [5, 5.41) is 0. The van der Waals surface area contributed by atoms with Crippen LogP contribution in [0.15, 0.2) is 11.6 Å². The maximum Gasteiger partial charge on any atom is 0.165 e. The molecule has 0 atom stereocenters. The lowest BCUT2D eigenvalue weighted by Gasteiger charge is -2.21. The van der Waals surface area contributed by atoms with Gasteiger partial charge in [-0.15, -0.1) is 11.6 Å². The summed E-state index contributed by atoms with van der Waals surface area (Å²) in [5.74, 6) is 0.329. The molecule has 1 aliphatic heterocycles. The maximum atomic E-state index is 5.68. The number of hydrogen-bond acceptors (Lipinski definition) is 2. The third kappa shape index (κ3) is 5.01. The third-order valence-electron chi connectivity index (χ3n) is 2.69. The lowest BCUT2D eigenvalue weighted by molar-refractivity contribution is -0.147. The second-order valence-electron chi connectivity index (χ2n) is 4.26. The van der Waals surface area contributed by atoms with E-state index in [1.54, 1.807) is 0 Å². The first kappa shape index (κ1) is 13.0. The molecule has 0 N–H and O–H groups in total. The van der Waals surface area contributed by atoms with Gasteiger partial charge in [0.1, 0.15) is 0 Å². The van der Waals surface area contributed by atoms with Crippen LogP contribution in [-0.2, 0) is 9.47 Å². The Morgan fingerprint density at radius 3 is 2.60 bits per heavy atom. The lowest BCUT2D eigenvalue weighted by Crippen LogP contribution is -2.24. The zero-order chi connectivity index (χ0) is 11.1. The predicted molar refractivity (Wildman–Crippen MR) is 63.3 cm³/mol. The summed E-state index contributed by atoms with van der Waals surface area (Å²) in [4.78, 5) is 0. The molecule has 0 aromatic heterocycles. The molecule has 0 aliphatic carbocycles. The van der Waals surface area contributed by atoms with Gasteiger partial charge in [-0.05, 0) is 33.1 Å². The lowest BCUT2D eigenvalue weighted by atomic mass is 10.1. The Labute approximate surface area is 97.6 Å².